The summed E-state index contributed by atoms with van der Waals surface area (Å²) in [6.07, 6.45) is 5.83. The van der Waals surface area contributed by atoms with Gasteiger partial charge in [0.1, 0.15) is 5.82 Å². The Morgan fingerprint density at radius 3 is 2.76 bits per heavy atom. The van der Waals surface area contributed by atoms with E-state index in [2.05, 4.69) is 25.5 Å². The Bertz CT molecular complexity index is 375. The van der Waals surface area contributed by atoms with Crippen LogP contribution >= 0.6 is 11.5 Å². The topological polar surface area (TPSA) is 78.9 Å². The highest BCUT2D eigenvalue weighted by Gasteiger charge is 2.15. The molecule has 17 heavy (non-hydrogen) atoms. The van der Waals surface area contributed by atoms with Crippen LogP contribution in [-0.4, -0.2) is 21.4 Å². The highest BCUT2D eigenvalue weighted by molar-refractivity contribution is 7.09. The van der Waals surface area contributed by atoms with Crippen LogP contribution in [0.4, 0.5) is 9.93 Å². The van der Waals surface area contributed by atoms with E-state index in [-0.39, 0.29) is 6.03 Å². The minimum absolute atomic E-state index is 0.204. The maximum atomic E-state index is 11.6. The molecule has 0 saturated heterocycles. The van der Waals surface area contributed by atoms with Crippen LogP contribution in [0.25, 0.3) is 0 Å². The first-order chi connectivity index (χ1) is 8.24. The largest absolute Gasteiger partial charge is 0.334 e. The Morgan fingerprint density at radius 2 is 2.12 bits per heavy atom. The highest BCUT2D eigenvalue weighted by atomic mass is 32.1. The SMILES string of the molecule is Cc1nsc(NNC(=O)NC2CCCCC2)n1. The van der Waals surface area contributed by atoms with Gasteiger partial charge in [-0.1, -0.05) is 19.3 Å². The van der Waals surface area contributed by atoms with Crippen LogP contribution in [0, 0.1) is 6.92 Å². The molecule has 2 amide bonds. The van der Waals surface area contributed by atoms with Gasteiger partial charge >= 0.3 is 6.03 Å². The second-order valence-corrected chi connectivity index (χ2v) is 4.96. The van der Waals surface area contributed by atoms with Crippen molar-refractivity contribution >= 4 is 22.7 Å². The number of nitrogens with zero attached hydrogens (tertiary/aromatic N) is 2. The molecule has 0 aromatic carbocycles. The number of amides is 2. The molecule has 6 nitrogen and oxygen atoms in total. The molecule has 1 aromatic rings. The molecule has 0 bridgehead atoms. The van der Waals surface area contributed by atoms with Crippen LogP contribution in [0.5, 0.6) is 0 Å². The van der Waals surface area contributed by atoms with Gasteiger partial charge in [-0.15, -0.1) is 0 Å². The molecule has 3 N–H and O–H groups in total. The minimum atomic E-state index is -0.204. The lowest BCUT2D eigenvalue weighted by molar-refractivity contribution is 0.234. The number of anilines is 1. The van der Waals surface area contributed by atoms with E-state index in [1.807, 2.05) is 6.92 Å². The van der Waals surface area contributed by atoms with Gasteiger partial charge in [0, 0.05) is 17.6 Å². The van der Waals surface area contributed by atoms with Gasteiger partial charge in [0.05, 0.1) is 0 Å². The van der Waals surface area contributed by atoms with Crippen molar-refractivity contribution in [2.24, 2.45) is 0 Å². The maximum Gasteiger partial charge on any atom is 0.333 e. The van der Waals surface area contributed by atoms with E-state index in [1.165, 1.54) is 30.8 Å². The van der Waals surface area contributed by atoms with E-state index >= 15 is 0 Å². The van der Waals surface area contributed by atoms with Crippen molar-refractivity contribution in [2.45, 2.75) is 45.1 Å². The molecule has 1 fully saturated rings. The molecular formula is C10H17N5OS. The number of hydrogen-bond acceptors (Lipinski definition) is 5. The summed E-state index contributed by atoms with van der Waals surface area (Å²) >= 11 is 1.22. The second kappa shape index (κ2) is 5.81. The molecule has 1 aliphatic rings. The van der Waals surface area contributed by atoms with Gasteiger partial charge in [-0.25, -0.2) is 15.2 Å². The van der Waals surface area contributed by atoms with Crippen LogP contribution in [0.1, 0.15) is 37.9 Å². The van der Waals surface area contributed by atoms with Crippen molar-refractivity contribution in [3.05, 3.63) is 5.82 Å². The second-order valence-electron chi connectivity index (χ2n) is 4.21. The number of urea groups is 1. The molecule has 7 heteroatoms. The third-order valence-electron chi connectivity index (χ3n) is 2.75. The lowest BCUT2D eigenvalue weighted by atomic mass is 9.96. The van der Waals surface area contributed by atoms with E-state index in [1.54, 1.807) is 0 Å². The average molecular weight is 255 g/mol. The van der Waals surface area contributed by atoms with E-state index in [9.17, 15) is 4.79 Å². The summed E-state index contributed by atoms with van der Waals surface area (Å²) in [4.78, 5) is 15.6. The zero-order chi connectivity index (χ0) is 12.1. The Balaban J connectivity index is 1.70. The fraction of sp³-hybridized carbons (Fsp3) is 0.700. The van der Waals surface area contributed by atoms with Crippen LogP contribution < -0.4 is 16.2 Å². The van der Waals surface area contributed by atoms with Crippen molar-refractivity contribution in [2.75, 3.05) is 5.43 Å². The summed E-state index contributed by atoms with van der Waals surface area (Å²) in [5.41, 5.74) is 5.31. The van der Waals surface area contributed by atoms with E-state index < -0.39 is 0 Å². The predicted molar refractivity (Wildman–Crippen MR) is 66.8 cm³/mol. The van der Waals surface area contributed by atoms with Crippen molar-refractivity contribution in [3.8, 4) is 0 Å². The van der Waals surface area contributed by atoms with Crippen molar-refractivity contribution in [1.82, 2.24) is 20.1 Å². The van der Waals surface area contributed by atoms with E-state index in [4.69, 9.17) is 0 Å². The third-order valence-corrected chi connectivity index (χ3v) is 3.47. The minimum Gasteiger partial charge on any atom is -0.334 e. The molecule has 2 rings (SSSR count). The summed E-state index contributed by atoms with van der Waals surface area (Å²) in [5, 5.41) is 3.54. The molecule has 1 aromatic heterocycles. The molecule has 1 heterocycles. The molecular weight excluding hydrogens is 238 g/mol. The number of rotatable bonds is 3. The van der Waals surface area contributed by atoms with Crippen LogP contribution in [0.2, 0.25) is 0 Å². The van der Waals surface area contributed by atoms with Gasteiger partial charge in [-0.05, 0) is 19.8 Å². The summed E-state index contributed by atoms with van der Waals surface area (Å²) in [7, 11) is 0. The Kier molecular flexibility index (Phi) is 4.13. The quantitative estimate of drug-likeness (QED) is 0.720. The molecule has 0 radical (unpaired) electrons. The number of aromatic nitrogens is 2. The predicted octanol–water partition coefficient (Wildman–Crippen LogP) is 1.81. The zero-order valence-corrected chi connectivity index (χ0v) is 10.6. The van der Waals surface area contributed by atoms with Crippen LogP contribution in [0.3, 0.4) is 0 Å². The van der Waals surface area contributed by atoms with Gasteiger partial charge in [-0.2, -0.15) is 4.37 Å². The van der Waals surface area contributed by atoms with Crippen molar-refractivity contribution in [3.63, 3.8) is 0 Å². The average Bonchev–Trinajstić information content (AvgIpc) is 2.74. The molecule has 94 valence electrons. The number of carbonyl (C=O) groups is 1. The fourth-order valence-electron chi connectivity index (χ4n) is 1.93. The maximum absolute atomic E-state index is 11.6. The van der Waals surface area contributed by atoms with Gasteiger partial charge < -0.3 is 5.32 Å². The molecule has 0 atom stereocenters. The number of hydrazine groups is 1. The lowest BCUT2D eigenvalue weighted by Crippen LogP contribution is -2.44. The van der Waals surface area contributed by atoms with Gasteiger partial charge in [0.25, 0.3) is 0 Å². The van der Waals surface area contributed by atoms with Crippen LogP contribution in [0.15, 0.2) is 0 Å². The summed E-state index contributed by atoms with van der Waals surface area (Å²) in [6.45, 7) is 1.81. The molecule has 1 aliphatic carbocycles. The Hall–Kier alpha value is -1.37. The molecule has 0 unspecified atom stereocenters. The first kappa shape index (κ1) is 12.1. The summed E-state index contributed by atoms with van der Waals surface area (Å²) in [6, 6.07) is 0.103. The number of aryl methyl sites for hydroxylation is 1. The number of nitrogens with one attached hydrogen (secondary N) is 3. The Labute approximate surface area is 104 Å². The smallest absolute Gasteiger partial charge is 0.333 e. The van der Waals surface area contributed by atoms with Crippen molar-refractivity contribution < 1.29 is 4.79 Å². The highest BCUT2D eigenvalue weighted by Crippen LogP contribution is 2.17. The monoisotopic (exact) mass is 255 g/mol. The number of hydrogen-bond donors (Lipinski definition) is 3. The van der Waals surface area contributed by atoms with Gasteiger partial charge in [-0.3, -0.25) is 5.43 Å². The molecule has 0 spiro atoms. The normalized spacial score (nSPS) is 16.5. The van der Waals surface area contributed by atoms with Gasteiger partial charge in [0.15, 0.2) is 0 Å². The Morgan fingerprint density at radius 1 is 1.35 bits per heavy atom. The van der Waals surface area contributed by atoms with E-state index in [0.717, 1.165) is 12.8 Å². The van der Waals surface area contributed by atoms with Crippen molar-refractivity contribution in [1.29, 1.82) is 0 Å². The molecule has 0 aliphatic heterocycles. The van der Waals surface area contributed by atoms with E-state index in [0.29, 0.717) is 17.0 Å². The standard InChI is InChI=1S/C10H17N5OS/c1-7-11-10(17-15-7)14-13-9(16)12-8-5-3-2-4-6-8/h8H,2-6H2,1H3,(H,11,14,15)(H2,12,13,16). The number of carbonyl (C=O) groups excluding carboxylic acids is 1. The van der Waals surface area contributed by atoms with Gasteiger partial charge in [0.2, 0.25) is 5.13 Å². The zero-order valence-electron chi connectivity index (χ0n) is 9.82. The lowest BCUT2D eigenvalue weighted by Gasteiger charge is -2.22. The molecule has 1 saturated carbocycles. The fourth-order valence-corrected chi connectivity index (χ4v) is 2.46. The first-order valence-electron chi connectivity index (χ1n) is 5.87. The summed E-state index contributed by atoms with van der Waals surface area (Å²) < 4.78 is 4.01. The summed E-state index contributed by atoms with van der Waals surface area (Å²) in [5.74, 6) is 0.701. The van der Waals surface area contributed by atoms with Crippen LogP contribution in [-0.2, 0) is 0 Å². The third kappa shape index (κ3) is 3.85. The first-order valence-corrected chi connectivity index (χ1v) is 6.64.